The molecular formula is C4H11ClN2O. The van der Waals surface area contributed by atoms with Gasteiger partial charge in [0.1, 0.15) is 0 Å². The standard InChI is InChI=1S/C4H10N2O.ClH/c1-6-4(5)2-3-7;/h7H,2-3H2,1H3,(H2,5,6);1H. The summed E-state index contributed by atoms with van der Waals surface area (Å²) in [5.41, 5.74) is 5.17. The Morgan fingerprint density at radius 1 is 1.75 bits per heavy atom. The Hall–Kier alpha value is -0.280. The first-order chi connectivity index (χ1) is 3.31. The van der Waals surface area contributed by atoms with Crippen molar-refractivity contribution in [2.75, 3.05) is 13.7 Å². The predicted molar refractivity (Wildman–Crippen MR) is 36.5 cm³/mol. The minimum atomic E-state index is 0. The van der Waals surface area contributed by atoms with Crippen LogP contribution in [0, 0.1) is 0 Å². The molecule has 8 heavy (non-hydrogen) atoms. The summed E-state index contributed by atoms with van der Waals surface area (Å²) in [5.74, 6) is 0.502. The van der Waals surface area contributed by atoms with Crippen LogP contribution in [0.5, 0.6) is 0 Å². The minimum Gasteiger partial charge on any atom is -0.396 e. The normalized spacial score (nSPS) is 10.5. The molecule has 0 bridgehead atoms. The summed E-state index contributed by atoms with van der Waals surface area (Å²) in [6, 6.07) is 0. The lowest BCUT2D eigenvalue weighted by molar-refractivity contribution is 0.306. The molecular weight excluding hydrogens is 128 g/mol. The van der Waals surface area contributed by atoms with E-state index in [1.54, 1.807) is 7.05 Å². The Bertz CT molecular complexity index is 74.4. The lowest BCUT2D eigenvalue weighted by Crippen LogP contribution is -2.12. The molecule has 0 aromatic carbocycles. The lowest BCUT2D eigenvalue weighted by Gasteiger charge is -1.90. The SMILES string of the molecule is CN=C(N)CCO.Cl. The van der Waals surface area contributed by atoms with Gasteiger partial charge < -0.3 is 10.8 Å². The van der Waals surface area contributed by atoms with Gasteiger partial charge in [0.25, 0.3) is 0 Å². The molecule has 0 heterocycles. The van der Waals surface area contributed by atoms with Crippen LogP contribution in [0.15, 0.2) is 4.99 Å². The fraction of sp³-hybridized carbons (Fsp3) is 0.750. The van der Waals surface area contributed by atoms with Crippen molar-refractivity contribution in [1.82, 2.24) is 0 Å². The number of hydrogen-bond acceptors (Lipinski definition) is 2. The first-order valence-corrected chi connectivity index (χ1v) is 2.13. The number of aliphatic hydroxyl groups is 1. The molecule has 0 aromatic heterocycles. The van der Waals surface area contributed by atoms with Gasteiger partial charge in [0.05, 0.1) is 12.4 Å². The van der Waals surface area contributed by atoms with Gasteiger partial charge >= 0.3 is 0 Å². The van der Waals surface area contributed by atoms with Crippen LogP contribution in [0.2, 0.25) is 0 Å². The third-order valence-corrected chi connectivity index (χ3v) is 0.655. The molecule has 0 amide bonds. The summed E-state index contributed by atoms with van der Waals surface area (Å²) < 4.78 is 0. The first kappa shape index (κ1) is 10.7. The number of rotatable bonds is 2. The molecule has 0 spiro atoms. The van der Waals surface area contributed by atoms with Crippen molar-refractivity contribution in [3.63, 3.8) is 0 Å². The van der Waals surface area contributed by atoms with Gasteiger partial charge in [-0.25, -0.2) is 0 Å². The van der Waals surface area contributed by atoms with E-state index < -0.39 is 0 Å². The maximum Gasteiger partial charge on any atom is 0.0956 e. The minimum absolute atomic E-state index is 0. The zero-order valence-electron chi connectivity index (χ0n) is 4.79. The van der Waals surface area contributed by atoms with Gasteiger partial charge in [-0.3, -0.25) is 4.99 Å². The smallest absolute Gasteiger partial charge is 0.0956 e. The number of hydrogen-bond donors (Lipinski definition) is 2. The van der Waals surface area contributed by atoms with E-state index in [0.717, 1.165) is 0 Å². The van der Waals surface area contributed by atoms with E-state index in [4.69, 9.17) is 10.8 Å². The van der Waals surface area contributed by atoms with E-state index in [1.807, 2.05) is 0 Å². The Balaban J connectivity index is 0. The molecule has 4 heteroatoms. The molecule has 0 rings (SSSR count). The number of halogens is 1. The molecule has 3 nitrogen and oxygen atoms in total. The van der Waals surface area contributed by atoms with Crippen molar-refractivity contribution >= 4 is 18.2 Å². The summed E-state index contributed by atoms with van der Waals surface area (Å²) in [7, 11) is 1.60. The van der Waals surface area contributed by atoms with Crippen LogP contribution in [-0.4, -0.2) is 24.6 Å². The highest BCUT2D eigenvalue weighted by Gasteiger charge is 1.83. The Labute approximate surface area is 55.0 Å². The van der Waals surface area contributed by atoms with E-state index in [0.29, 0.717) is 12.3 Å². The highest BCUT2D eigenvalue weighted by atomic mass is 35.5. The quantitative estimate of drug-likeness (QED) is 0.410. The van der Waals surface area contributed by atoms with Crippen molar-refractivity contribution in [3.8, 4) is 0 Å². The van der Waals surface area contributed by atoms with E-state index in [9.17, 15) is 0 Å². The largest absolute Gasteiger partial charge is 0.396 e. The lowest BCUT2D eigenvalue weighted by atomic mass is 10.4. The molecule has 0 aromatic rings. The van der Waals surface area contributed by atoms with E-state index >= 15 is 0 Å². The number of amidine groups is 1. The summed E-state index contributed by atoms with van der Waals surface area (Å²) in [4.78, 5) is 3.61. The highest BCUT2D eigenvalue weighted by molar-refractivity contribution is 5.85. The molecule has 0 fully saturated rings. The number of nitrogens with zero attached hydrogens (tertiary/aromatic N) is 1. The van der Waals surface area contributed by atoms with Crippen LogP contribution in [-0.2, 0) is 0 Å². The topological polar surface area (TPSA) is 58.6 Å². The van der Waals surface area contributed by atoms with E-state index in [1.165, 1.54) is 0 Å². The highest BCUT2D eigenvalue weighted by Crippen LogP contribution is 1.72. The van der Waals surface area contributed by atoms with E-state index in [-0.39, 0.29) is 19.0 Å². The number of nitrogens with two attached hydrogens (primary N) is 1. The van der Waals surface area contributed by atoms with Crippen molar-refractivity contribution < 1.29 is 5.11 Å². The zero-order valence-corrected chi connectivity index (χ0v) is 5.61. The first-order valence-electron chi connectivity index (χ1n) is 2.13. The Kier molecular flexibility index (Phi) is 8.95. The van der Waals surface area contributed by atoms with Gasteiger partial charge in [-0.15, -0.1) is 12.4 Å². The molecule has 3 N–H and O–H groups in total. The third-order valence-electron chi connectivity index (χ3n) is 0.655. The van der Waals surface area contributed by atoms with Crippen molar-refractivity contribution in [3.05, 3.63) is 0 Å². The molecule has 0 atom stereocenters. The van der Waals surface area contributed by atoms with Gasteiger partial charge in [0.2, 0.25) is 0 Å². The number of aliphatic hydroxyl groups excluding tert-OH is 1. The average molecular weight is 139 g/mol. The van der Waals surface area contributed by atoms with Crippen LogP contribution in [0.25, 0.3) is 0 Å². The maximum atomic E-state index is 8.21. The molecule has 0 aliphatic carbocycles. The summed E-state index contributed by atoms with van der Waals surface area (Å²) >= 11 is 0. The van der Waals surface area contributed by atoms with Gasteiger partial charge in [0.15, 0.2) is 0 Å². The molecule has 0 unspecified atom stereocenters. The van der Waals surface area contributed by atoms with Crippen LogP contribution < -0.4 is 5.73 Å². The van der Waals surface area contributed by atoms with Gasteiger partial charge in [-0.1, -0.05) is 0 Å². The maximum absolute atomic E-state index is 8.21. The molecule has 0 radical (unpaired) electrons. The monoisotopic (exact) mass is 138 g/mol. The number of aliphatic imine (C=N–C) groups is 1. The fourth-order valence-corrected chi connectivity index (χ4v) is 0.226. The zero-order chi connectivity index (χ0) is 5.70. The van der Waals surface area contributed by atoms with Crippen LogP contribution in [0.3, 0.4) is 0 Å². The predicted octanol–water partition coefficient (Wildman–Crippen LogP) is -0.222. The summed E-state index contributed by atoms with van der Waals surface area (Å²) in [6.45, 7) is 0.0865. The second-order valence-electron chi connectivity index (χ2n) is 1.19. The van der Waals surface area contributed by atoms with E-state index in [2.05, 4.69) is 4.99 Å². The Morgan fingerprint density at radius 3 is 2.38 bits per heavy atom. The van der Waals surface area contributed by atoms with Gasteiger partial charge in [-0.05, 0) is 0 Å². The van der Waals surface area contributed by atoms with Gasteiger partial charge in [-0.2, -0.15) is 0 Å². The molecule has 0 saturated carbocycles. The molecule has 50 valence electrons. The van der Waals surface area contributed by atoms with Crippen LogP contribution in [0.1, 0.15) is 6.42 Å². The van der Waals surface area contributed by atoms with Crippen molar-refractivity contribution in [1.29, 1.82) is 0 Å². The Morgan fingerprint density at radius 2 is 2.25 bits per heavy atom. The van der Waals surface area contributed by atoms with Crippen LogP contribution >= 0.6 is 12.4 Å². The van der Waals surface area contributed by atoms with Crippen LogP contribution in [0.4, 0.5) is 0 Å². The second kappa shape index (κ2) is 6.72. The summed E-state index contributed by atoms with van der Waals surface area (Å²) in [6.07, 6.45) is 0.483. The molecule has 0 aliphatic heterocycles. The molecule has 0 saturated heterocycles. The van der Waals surface area contributed by atoms with Crippen molar-refractivity contribution in [2.45, 2.75) is 6.42 Å². The third kappa shape index (κ3) is 5.72. The average Bonchev–Trinajstić information content (AvgIpc) is 1.68. The van der Waals surface area contributed by atoms with Crippen molar-refractivity contribution in [2.24, 2.45) is 10.7 Å². The summed E-state index contributed by atoms with van der Waals surface area (Å²) in [5, 5.41) is 8.21. The fourth-order valence-electron chi connectivity index (χ4n) is 0.226. The molecule has 0 aliphatic rings. The van der Waals surface area contributed by atoms with Gasteiger partial charge in [0, 0.05) is 13.5 Å². The second-order valence-corrected chi connectivity index (χ2v) is 1.19.